The van der Waals surface area contributed by atoms with Crippen molar-refractivity contribution in [2.75, 3.05) is 18.5 Å². The van der Waals surface area contributed by atoms with E-state index in [0.29, 0.717) is 40.4 Å². The normalized spacial score (nSPS) is 10.4. The summed E-state index contributed by atoms with van der Waals surface area (Å²) >= 11 is 8.73. The van der Waals surface area contributed by atoms with Gasteiger partial charge < -0.3 is 19.5 Å². The molecular formula is C25H25BrN2O4S. The van der Waals surface area contributed by atoms with Crippen LogP contribution in [0.25, 0.3) is 0 Å². The van der Waals surface area contributed by atoms with E-state index in [1.165, 1.54) is 0 Å². The highest BCUT2D eigenvalue weighted by atomic mass is 79.9. The minimum atomic E-state index is -0.324. The average molecular weight is 529 g/mol. The molecule has 0 radical (unpaired) electrons. The van der Waals surface area contributed by atoms with Crippen molar-refractivity contribution in [3.63, 3.8) is 0 Å². The van der Waals surface area contributed by atoms with Gasteiger partial charge in [0, 0.05) is 17.3 Å². The molecular weight excluding hydrogens is 504 g/mol. The quantitative estimate of drug-likeness (QED) is 0.269. The Morgan fingerprint density at radius 3 is 2.33 bits per heavy atom. The predicted molar refractivity (Wildman–Crippen MR) is 137 cm³/mol. The molecule has 0 aromatic heterocycles. The Hall–Kier alpha value is -3.10. The maximum Gasteiger partial charge on any atom is 0.257 e. The number of nitrogens with one attached hydrogen (secondary N) is 2. The average Bonchev–Trinajstić information content (AvgIpc) is 2.78. The largest absolute Gasteiger partial charge is 0.490 e. The lowest BCUT2D eigenvalue weighted by atomic mass is 10.2. The van der Waals surface area contributed by atoms with Gasteiger partial charge in [-0.25, -0.2) is 0 Å². The number of anilines is 1. The summed E-state index contributed by atoms with van der Waals surface area (Å²) in [6.07, 6.45) is 0.0360. The van der Waals surface area contributed by atoms with Crippen LogP contribution in [0.1, 0.15) is 24.2 Å². The Bertz CT molecular complexity index is 1090. The number of rotatable bonds is 9. The van der Waals surface area contributed by atoms with E-state index in [4.69, 9.17) is 26.4 Å². The molecule has 0 unspecified atom stereocenters. The van der Waals surface area contributed by atoms with Crippen LogP contribution in [-0.4, -0.2) is 30.3 Å². The SMILES string of the molecule is CC(C)Oc1ccc(C(=O)NC(=S)Nc2cccc(OCCOc3ccccc3)c2)cc1Br. The molecule has 3 aromatic carbocycles. The van der Waals surface area contributed by atoms with Crippen molar-refractivity contribution in [3.05, 3.63) is 82.8 Å². The highest BCUT2D eigenvalue weighted by Crippen LogP contribution is 2.27. The maximum atomic E-state index is 12.6. The minimum absolute atomic E-state index is 0.0360. The summed E-state index contributed by atoms with van der Waals surface area (Å²) in [5.74, 6) is 1.81. The molecule has 0 saturated heterocycles. The fraction of sp³-hybridized carbons (Fsp3) is 0.200. The van der Waals surface area contributed by atoms with E-state index < -0.39 is 0 Å². The van der Waals surface area contributed by atoms with Crippen molar-refractivity contribution in [1.82, 2.24) is 5.32 Å². The summed E-state index contributed by atoms with van der Waals surface area (Å²) in [7, 11) is 0. The van der Waals surface area contributed by atoms with E-state index in [-0.39, 0.29) is 17.1 Å². The van der Waals surface area contributed by atoms with E-state index >= 15 is 0 Å². The Morgan fingerprint density at radius 1 is 0.939 bits per heavy atom. The second-order valence-corrected chi connectivity index (χ2v) is 8.52. The van der Waals surface area contributed by atoms with Crippen molar-refractivity contribution in [1.29, 1.82) is 0 Å². The second-order valence-electron chi connectivity index (χ2n) is 7.26. The van der Waals surface area contributed by atoms with Gasteiger partial charge >= 0.3 is 0 Å². The van der Waals surface area contributed by atoms with Crippen molar-refractivity contribution < 1.29 is 19.0 Å². The third-order valence-electron chi connectivity index (χ3n) is 4.24. The maximum absolute atomic E-state index is 12.6. The molecule has 0 aliphatic heterocycles. The summed E-state index contributed by atoms with van der Waals surface area (Å²) < 4.78 is 17.7. The van der Waals surface area contributed by atoms with E-state index in [1.54, 1.807) is 24.3 Å². The smallest absolute Gasteiger partial charge is 0.257 e. The van der Waals surface area contributed by atoms with Gasteiger partial charge in [0.25, 0.3) is 5.91 Å². The van der Waals surface area contributed by atoms with Crippen LogP contribution in [0.15, 0.2) is 77.3 Å². The molecule has 0 aliphatic rings. The highest BCUT2D eigenvalue weighted by Gasteiger charge is 2.12. The van der Waals surface area contributed by atoms with E-state index in [2.05, 4.69) is 26.6 Å². The third-order valence-corrected chi connectivity index (χ3v) is 5.06. The Morgan fingerprint density at radius 2 is 1.64 bits per heavy atom. The van der Waals surface area contributed by atoms with Crippen LogP contribution in [0.4, 0.5) is 5.69 Å². The molecule has 0 fully saturated rings. The van der Waals surface area contributed by atoms with Crippen molar-refractivity contribution in [3.8, 4) is 17.2 Å². The van der Waals surface area contributed by atoms with Gasteiger partial charge in [0.05, 0.1) is 10.6 Å². The van der Waals surface area contributed by atoms with Gasteiger partial charge in [0.15, 0.2) is 5.11 Å². The fourth-order valence-corrected chi connectivity index (χ4v) is 3.51. The number of para-hydroxylation sites is 1. The molecule has 1 amide bonds. The van der Waals surface area contributed by atoms with Crippen LogP contribution in [0.5, 0.6) is 17.2 Å². The predicted octanol–water partition coefficient (Wildman–Crippen LogP) is 5.82. The number of ether oxygens (including phenoxy) is 3. The molecule has 6 nitrogen and oxygen atoms in total. The van der Waals surface area contributed by atoms with Crippen molar-refractivity contribution in [2.24, 2.45) is 0 Å². The Labute approximate surface area is 207 Å². The first kappa shape index (κ1) is 24.5. The summed E-state index contributed by atoms with van der Waals surface area (Å²) in [5.41, 5.74) is 1.15. The Balaban J connectivity index is 1.48. The van der Waals surface area contributed by atoms with Crippen molar-refractivity contribution in [2.45, 2.75) is 20.0 Å². The van der Waals surface area contributed by atoms with E-state index in [1.807, 2.05) is 62.4 Å². The van der Waals surface area contributed by atoms with Gasteiger partial charge in [0.2, 0.25) is 0 Å². The molecule has 0 spiro atoms. The van der Waals surface area contributed by atoms with Gasteiger partial charge in [0.1, 0.15) is 30.5 Å². The van der Waals surface area contributed by atoms with Crippen LogP contribution in [0.2, 0.25) is 0 Å². The van der Waals surface area contributed by atoms with Crippen LogP contribution in [-0.2, 0) is 0 Å². The van der Waals surface area contributed by atoms with Crippen LogP contribution in [0.3, 0.4) is 0 Å². The lowest BCUT2D eigenvalue weighted by molar-refractivity contribution is 0.0977. The van der Waals surface area contributed by atoms with E-state index in [9.17, 15) is 4.79 Å². The van der Waals surface area contributed by atoms with Gasteiger partial charge in [-0.2, -0.15) is 0 Å². The topological polar surface area (TPSA) is 68.8 Å². The first-order valence-corrected chi connectivity index (χ1v) is 11.6. The summed E-state index contributed by atoms with van der Waals surface area (Å²) in [5, 5.41) is 5.87. The van der Waals surface area contributed by atoms with Gasteiger partial charge in [-0.3, -0.25) is 10.1 Å². The number of carbonyl (C=O) groups is 1. The summed E-state index contributed by atoms with van der Waals surface area (Å²) in [6.45, 7) is 4.70. The van der Waals surface area contributed by atoms with Crippen LogP contribution >= 0.6 is 28.1 Å². The number of amides is 1. The minimum Gasteiger partial charge on any atom is -0.490 e. The molecule has 33 heavy (non-hydrogen) atoms. The molecule has 0 atom stereocenters. The molecule has 0 aliphatic carbocycles. The number of carbonyl (C=O) groups excluding carboxylic acids is 1. The molecule has 0 bridgehead atoms. The molecule has 0 saturated carbocycles. The number of benzene rings is 3. The second kappa shape index (κ2) is 12.2. The standard InChI is InChI=1S/C25H25BrN2O4S/c1-17(2)32-23-12-11-18(15-22(23)26)24(29)28-25(33)27-19-7-6-10-21(16-19)31-14-13-30-20-8-4-3-5-9-20/h3-12,15-17H,13-14H2,1-2H3,(H2,27,28,29,33). The van der Waals surface area contributed by atoms with Gasteiger partial charge in [-0.15, -0.1) is 0 Å². The molecule has 2 N–H and O–H groups in total. The number of halogens is 1. The first-order chi connectivity index (χ1) is 15.9. The molecule has 3 rings (SSSR count). The zero-order valence-electron chi connectivity index (χ0n) is 18.3. The van der Waals surface area contributed by atoms with Gasteiger partial charge in [-0.1, -0.05) is 24.3 Å². The lowest BCUT2D eigenvalue weighted by Crippen LogP contribution is -2.34. The monoisotopic (exact) mass is 528 g/mol. The third kappa shape index (κ3) is 8.07. The molecule has 8 heteroatoms. The van der Waals surface area contributed by atoms with Crippen LogP contribution in [0, 0.1) is 0 Å². The number of hydrogen-bond acceptors (Lipinski definition) is 5. The summed E-state index contributed by atoms with van der Waals surface area (Å²) in [4.78, 5) is 12.6. The number of thiocarbonyl (C=S) groups is 1. The lowest BCUT2D eigenvalue weighted by Gasteiger charge is -2.14. The fourth-order valence-electron chi connectivity index (χ4n) is 2.83. The molecule has 3 aromatic rings. The number of hydrogen-bond donors (Lipinski definition) is 2. The Kier molecular flexibility index (Phi) is 9.09. The molecule has 0 heterocycles. The summed E-state index contributed by atoms with van der Waals surface area (Å²) in [6, 6.07) is 22.0. The van der Waals surface area contributed by atoms with Crippen molar-refractivity contribution >= 4 is 44.9 Å². The van der Waals surface area contributed by atoms with Gasteiger partial charge in [-0.05, 0) is 84.5 Å². The zero-order chi connectivity index (χ0) is 23.6. The van der Waals surface area contributed by atoms with Crippen LogP contribution < -0.4 is 24.8 Å². The zero-order valence-corrected chi connectivity index (χ0v) is 20.7. The van der Waals surface area contributed by atoms with E-state index in [0.717, 1.165) is 5.75 Å². The highest BCUT2D eigenvalue weighted by molar-refractivity contribution is 9.10. The first-order valence-electron chi connectivity index (χ1n) is 10.4. The molecule has 172 valence electrons.